The molecule has 1 atom stereocenters. The van der Waals surface area contributed by atoms with E-state index in [-0.39, 0.29) is 11.9 Å². The molecule has 0 radical (unpaired) electrons. The summed E-state index contributed by atoms with van der Waals surface area (Å²) in [7, 11) is 0. The molecular formula is C25H17Cl3N2O. The molecule has 4 aromatic rings. The van der Waals surface area contributed by atoms with Crippen molar-refractivity contribution >= 4 is 51.6 Å². The highest BCUT2D eigenvalue weighted by Crippen LogP contribution is 2.36. The summed E-state index contributed by atoms with van der Waals surface area (Å²) < 4.78 is 0. The molecule has 6 heteroatoms. The van der Waals surface area contributed by atoms with Crippen LogP contribution in [0.25, 0.3) is 22.0 Å². The average Bonchev–Trinajstić information content (AvgIpc) is 3.16. The normalized spacial score (nSPS) is 15.1. The molecule has 0 bridgehead atoms. The van der Waals surface area contributed by atoms with E-state index < -0.39 is 0 Å². The van der Waals surface area contributed by atoms with Gasteiger partial charge in [0.1, 0.15) is 0 Å². The van der Waals surface area contributed by atoms with Crippen molar-refractivity contribution in [1.82, 2.24) is 10.3 Å². The SMILES string of the molecule is O=C(N[C@H]1CCc2ccccc21)c1cnc2c(-c3cc(Cl)cc(Cl)c3)cccc2c1Cl. The second-order valence-corrected chi connectivity index (χ2v) is 8.86. The van der Waals surface area contributed by atoms with Gasteiger partial charge in [-0.05, 0) is 47.7 Å². The van der Waals surface area contributed by atoms with Crippen molar-refractivity contribution in [3.05, 3.63) is 98.6 Å². The molecule has 1 aromatic heterocycles. The number of aryl methyl sites for hydroxylation is 1. The zero-order chi connectivity index (χ0) is 21.5. The molecule has 0 aliphatic heterocycles. The quantitative estimate of drug-likeness (QED) is 0.344. The smallest absolute Gasteiger partial charge is 0.254 e. The fourth-order valence-corrected chi connectivity index (χ4v) is 5.05. The maximum absolute atomic E-state index is 13.0. The molecule has 1 aliphatic rings. The van der Waals surface area contributed by atoms with Crippen LogP contribution < -0.4 is 5.32 Å². The summed E-state index contributed by atoms with van der Waals surface area (Å²) in [4.78, 5) is 17.6. The largest absolute Gasteiger partial charge is 0.345 e. The molecule has 1 amide bonds. The Balaban J connectivity index is 1.51. The van der Waals surface area contributed by atoms with E-state index in [0.717, 1.165) is 24.0 Å². The lowest BCUT2D eigenvalue weighted by atomic mass is 10.0. The third-order valence-electron chi connectivity index (χ3n) is 5.69. The number of aromatic nitrogens is 1. The maximum Gasteiger partial charge on any atom is 0.254 e. The van der Waals surface area contributed by atoms with Crippen LogP contribution in [0.15, 0.2) is 66.9 Å². The van der Waals surface area contributed by atoms with E-state index >= 15 is 0 Å². The molecule has 0 saturated carbocycles. The van der Waals surface area contributed by atoms with Gasteiger partial charge in [-0.1, -0.05) is 77.3 Å². The number of hydrogen-bond acceptors (Lipinski definition) is 2. The van der Waals surface area contributed by atoms with Crippen molar-refractivity contribution in [2.75, 3.05) is 0 Å². The van der Waals surface area contributed by atoms with Crippen LogP contribution in [0.1, 0.15) is 33.9 Å². The van der Waals surface area contributed by atoms with Crippen molar-refractivity contribution in [2.45, 2.75) is 18.9 Å². The Morgan fingerprint density at radius 2 is 1.74 bits per heavy atom. The maximum atomic E-state index is 13.0. The van der Waals surface area contributed by atoms with Crippen LogP contribution in [0.5, 0.6) is 0 Å². The summed E-state index contributed by atoms with van der Waals surface area (Å²) >= 11 is 19.1. The van der Waals surface area contributed by atoms with Gasteiger partial charge in [0, 0.05) is 27.2 Å². The zero-order valence-corrected chi connectivity index (χ0v) is 18.6. The van der Waals surface area contributed by atoms with Gasteiger partial charge >= 0.3 is 0 Å². The van der Waals surface area contributed by atoms with E-state index in [1.807, 2.05) is 42.5 Å². The molecule has 1 heterocycles. The van der Waals surface area contributed by atoms with Gasteiger partial charge in [-0.15, -0.1) is 0 Å². The molecular weight excluding hydrogens is 451 g/mol. The lowest BCUT2D eigenvalue weighted by Gasteiger charge is -2.16. The second kappa shape index (κ2) is 8.16. The van der Waals surface area contributed by atoms with Crippen molar-refractivity contribution < 1.29 is 4.79 Å². The molecule has 0 saturated heterocycles. The number of para-hydroxylation sites is 1. The number of amides is 1. The Bertz CT molecular complexity index is 1320. The van der Waals surface area contributed by atoms with Crippen LogP contribution in [-0.4, -0.2) is 10.9 Å². The lowest BCUT2D eigenvalue weighted by molar-refractivity contribution is 0.0936. The number of pyridine rings is 1. The molecule has 1 aliphatic carbocycles. The molecule has 3 nitrogen and oxygen atoms in total. The van der Waals surface area contributed by atoms with Gasteiger partial charge in [0.05, 0.1) is 22.1 Å². The van der Waals surface area contributed by atoms with Crippen LogP contribution in [-0.2, 0) is 6.42 Å². The Kier molecular flexibility index (Phi) is 5.35. The molecule has 1 N–H and O–H groups in total. The van der Waals surface area contributed by atoms with E-state index in [2.05, 4.69) is 22.4 Å². The summed E-state index contributed by atoms with van der Waals surface area (Å²) in [5, 5.41) is 5.28. The second-order valence-electron chi connectivity index (χ2n) is 7.61. The Morgan fingerprint density at radius 3 is 2.55 bits per heavy atom. The predicted octanol–water partition coefficient (Wildman–Crippen LogP) is 7.28. The number of nitrogens with one attached hydrogen (secondary N) is 1. The van der Waals surface area contributed by atoms with E-state index in [0.29, 0.717) is 31.5 Å². The number of carbonyl (C=O) groups is 1. The Labute approximate surface area is 195 Å². The molecule has 0 unspecified atom stereocenters. The number of rotatable bonds is 3. The van der Waals surface area contributed by atoms with Crippen LogP contribution in [0.2, 0.25) is 15.1 Å². The van der Waals surface area contributed by atoms with Gasteiger partial charge in [0.2, 0.25) is 0 Å². The Morgan fingerprint density at radius 1 is 0.968 bits per heavy atom. The minimum atomic E-state index is -0.225. The highest BCUT2D eigenvalue weighted by molar-refractivity contribution is 6.39. The fraction of sp³-hybridized carbons (Fsp3) is 0.120. The standard InChI is InChI=1S/C25H17Cl3N2O/c26-16-10-15(11-17(27)12-16)19-6-3-7-20-23(28)21(13-29-24(19)20)25(31)30-22-9-8-14-4-1-2-5-18(14)22/h1-7,10-13,22H,8-9H2,(H,30,31)/t22-/m0/s1. The minimum absolute atomic E-state index is 0.0181. The van der Waals surface area contributed by atoms with Crippen LogP contribution >= 0.6 is 34.8 Å². The number of halogens is 3. The van der Waals surface area contributed by atoms with Crippen LogP contribution in [0.3, 0.4) is 0 Å². The van der Waals surface area contributed by atoms with E-state index in [4.69, 9.17) is 34.8 Å². The first kappa shape index (κ1) is 20.3. The van der Waals surface area contributed by atoms with Crippen molar-refractivity contribution in [3.63, 3.8) is 0 Å². The first-order valence-corrected chi connectivity index (χ1v) is 11.1. The molecule has 31 heavy (non-hydrogen) atoms. The van der Waals surface area contributed by atoms with Gasteiger partial charge in [-0.3, -0.25) is 9.78 Å². The molecule has 3 aromatic carbocycles. The number of nitrogens with zero attached hydrogens (tertiary/aromatic N) is 1. The zero-order valence-electron chi connectivity index (χ0n) is 16.3. The van der Waals surface area contributed by atoms with Gasteiger partial charge < -0.3 is 5.32 Å². The van der Waals surface area contributed by atoms with E-state index in [9.17, 15) is 4.79 Å². The van der Waals surface area contributed by atoms with Crippen molar-refractivity contribution in [3.8, 4) is 11.1 Å². The van der Waals surface area contributed by atoms with Gasteiger partial charge in [-0.2, -0.15) is 0 Å². The topological polar surface area (TPSA) is 42.0 Å². The summed E-state index contributed by atoms with van der Waals surface area (Å²) in [5.41, 5.74) is 5.18. The third kappa shape index (κ3) is 3.78. The number of benzene rings is 3. The summed E-state index contributed by atoms with van der Waals surface area (Å²) in [6.45, 7) is 0. The van der Waals surface area contributed by atoms with Crippen molar-refractivity contribution in [2.24, 2.45) is 0 Å². The third-order valence-corrected chi connectivity index (χ3v) is 6.53. The van der Waals surface area contributed by atoms with E-state index in [1.165, 1.54) is 17.3 Å². The highest BCUT2D eigenvalue weighted by atomic mass is 35.5. The molecule has 0 spiro atoms. The van der Waals surface area contributed by atoms with Gasteiger partial charge in [-0.25, -0.2) is 0 Å². The lowest BCUT2D eigenvalue weighted by Crippen LogP contribution is -2.27. The number of hydrogen-bond donors (Lipinski definition) is 1. The predicted molar refractivity (Wildman–Crippen MR) is 127 cm³/mol. The monoisotopic (exact) mass is 466 g/mol. The molecule has 0 fully saturated rings. The number of carbonyl (C=O) groups excluding carboxylic acids is 1. The van der Waals surface area contributed by atoms with E-state index in [1.54, 1.807) is 6.07 Å². The number of fused-ring (bicyclic) bond motifs is 2. The highest BCUT2D eigenvalue weighted by Gasteiger charge is 2.25. The fourth-order valence-electron chi connectivity index (χ4n) is 4.23. The van der Waals surface area contributed by atoms with Gasteiger partial charge in [0.25, 0.3) is 5.91 Å². The first-order chi connectivity index (χ1) is 15.0. The minimum Gasteiger partial charge on any atom is -0.345 e. The summed E-state index contributed by atoms with van der Waals surface area (Å²) in [6, 6.07) is 19.2. The average molecular weight is 468 g/mol. The van der Waals surface area contributed by atoms with Crippen LogP contribution in [0, 0.1) is 0 Å². The Hall–Kier alpha value is -2.59. The summed E-state index contributed by atoms with van der Waals surface area (Å²) in [5.74, 6) is -0.225. The van der Waals surface area contributed by atoms with Crippen molar-refractivity contribution in [1.29, 1.82) is 0 Å². The first-order valence-electron chi connectivity index (χ1n) is 9.93. The van der Waals surface area contributed by atoms with Crippen LogP contribution in [0.4, 0.5) is 0 Å². The molecule has 5 rings (SSSR count). The summed E-state index contributed by atoms with van der Waals surface area (Å²) in [6.07, 6.45) is 3.37. The molecule has 154 valence electrons. The van der Waals surface area contributed by atoms with Gasteiger partial charge in [0.15, 0.2) is 0 Å².